The van der Waals surface area contributed by atoms with Crippen molar-refractivity contribution in [2.24, 2.45) is 5.92 Å². The Morgan fingerprint density at radius 3 is 2.58 bits per heavy atom. The molecule has 0 unspecified atom stereocenters. The van der Waals surface area contributed by atoms with Crippen molar-refractivity contribution < 1.29 is 18.0 Å². The van der Waals surface area contributed by atoms with Crippen LogP contribution < -0.4 is 5.32 Å². The largest absolute Gasteiger partial charge is 0.342 e. The number of likely N-dealkylation sites (tertiary alicyclic amines) is 1. The maximum absolute atomic E-state index is 12.6. The van der Waals surface area contributed by atoms with Gasteiger partial charge in [-0.2, -0.15) is 0 Å². The zero-order chi connectivity index (χ0) is 16.9. The Labute approximate surface area is 141 Å². The van der Waals surface area contributed by atoms with Crippen LogP contribution >= 0.6 is 0 Å². The van der Waals surface area contributed by atoms with E-state index >= 15 is 0 Å². The number of carbonyl (C=O) groups excluding carboxylic acids is 2. The van der Waals surface area contributed by atoms with E-state index in [2.05, 4.69) is 5.32 Å². The molecule has 1 N–H and O–H groups in total. The van der Waals surface area contributed by atoms with E-state index < -0.39 is 21.2 Å². The third kappa shape index (κ3) is 2.33. The first-order chi connectivity index (χ1) is 11.4. The first-order valence-corrected chi connectivity index (χ1v) is 10.1. The van der Waals surface area contributed by atoms with Gasteiger partial charge in [0.05, 0.1) is 22.8 Å². The summed E-state index contributed by atoms with van der Waals surface area (Å²) < 4.78 is 23.2. The molecule has 1 atom stereocenters. The van der Waals surface area contributed by atoms with Crippen LogP contribution in [0.5, 0.6) is 0 Å². The van der Waals surface area contributed by atoms with E-state index in [1.165, 1.54) is 0 Å². The molecule has 6 nitrogen and oxygen atoms in total. The topological polar surface area (TPSA) is 83.6 Å². The van der Waals surface area contributed by atoms with Crippen LogP contribution in [0.15, 0.2) is 24.3 Å². The van der Waals surface area contributed by atoms with Gasteiger partial charge in [0, 0.05) is 18.8 Å². The molecular weight excluding hydrogens is 328 g/mol. The van der Waals surface area contributed by atoms with Crippen LogP contribution in [0.1, 0.15) is 24.8 Å². The molecule has 4 rings (SSSR count). The van der Waals surface area contributed by atoms with E-state index in [0.29, 0.717) is 32.4 Å². The lowest BCUT2D eigenvalue weighted by Gasteiger charge is -2.38. The fourth-order valence-electron chi connectivity index (χ4n) is 4.23. The van der Waals surface area contributed by atoms with Gasteiger partial charge < -0.3 is 10.2 Å². The quantitative estimate of drug-likeness (QED) is 0.818. The summed E-state index contributed by atoms with van der Waals surface area (Å²) in [5, 5.41) is 2.95. The zero-order valence-electron chi connectivity index (χ0n) is 13.3. The number of para-hydroxylation sites is 1. The molecule has 7 heteroatoms. The van der Waals surface area contributed by atoms with Gasteiger partial charge in [0.1, 0.15) is 0 Å². The van der Waals surface area contributed by atoms with E-state index in [0.717, 1.165) is 11.3 Å². The molecule has 3 heterocycles. The number of piperidine rings is 1. The molecule has 0 bridgehead atoms. The third-order valence-corrected chi connectivity index (χ3v) is 7.40. The Kier molecular flexibility index (Phi) is 3.46. The van der Waals surface area contributed by atoms with Gasteiger partial charge in [-0.05, 0) is 30.9 Å². The monoisotopic (exact) mass is 348 g/mol. The van der Waals surface area contributed by atoms with Crippen molar-refractivity contribution in [2.75, 3.05) is 29.9 Å². The number of benzene rings is 1. The molecule has 0 aliphatic carbocycles. The number of hydrogen-bond acceptors (Lipinski definition) is 4. The van der Waals surface area contributed by atoms with Gasteiger partial charge in [0.25, 0.3) is 0 Å². The standard InChI is InChI=1S/C17H20N2O4S/c20-15(12-5-10-24(22,23)11-12)19-8-6-17(7-9-19)13-3-1-2-4-14(13)18-16(17)21/h1-4,12H,5-11H2,(H,18,21)/t12-/m1/s1. The van der Waals surface area contributed by atoms with E-state index in [1.807, 2.05) is 24.3 Å². The highest BCUT2D eigenvalue weighted by Gasteiger charge is 2.49. The average molecular weight is 348 g/mol. The van der Waals surface area contributed by atoms with Crippen molar-refractivity contribution in [3.63, 3.8) is 0 Å². The lowest BCUT2D eigenvalue weighted by Crippen LogP contribution is -2.49. The molecule has 2 fully saturated rings. The molecule has 3 aliphatic rings. The average Bonchev–Trinajstić information content (AvgIpc) is 3.06. The van der Waals surface area contributed by atoms with E-state index in [4.69, 9.17) is 0 Å². The number of fused-ring (bicyclic) bond motifs is 2. The van der Waals surface area contributed by atoms with Crippen molar-refractivity contribution in [2.45, 2.75) is 24.7 Å². The maximum atomic E-state index is 12.6. The number of carbonyl (C=O) groups is 2. The normalized spacial score (nSPS) is 27.1. The van der Waals surface area contributed by atoms with Crippen LogP contribution in [-0.4, -0.2) is 49.7 Å². The molecule has 0 radical (unpaired) electrons. The molecule has 2 saturated heterocycles. The lowest BCUT2D eigenvalue weighted by atomic mass is 9.73. The Hall–Kier alpha value is -1.89. The van der Waals surface area contributed by atoms with Gasteiger partial charge in [0.2, 0.25) is 11.8 Å². The molecule has 3 aliphatic heterocycles. The SMILES string of the molecule is O=C([C@@H]1CCS(=O)(=O)C1)N1CCC2(CC1)C(=O)Nc1ccccc12. The summed E-state index contributed by atoms with van der Waals surface area (Å²) >= 11 is 0. The predicted molar refractivity (Wildman–Crippen MR) is 89.3 cm³/mol. The van der Waals surface area contributed by atoms with Crippen LogP contribution in [0.4, 0.5) is 5.69 Å². The van der Waals surface area contributed by atoms with Crippen LogP contribution in [-0.2, 0) is 24.8 Å². The number of sulfone groups is 1. The molecule has 0 aromatic heterocycles. The summed E-state index contributed by atoms with van der Waals surface area (Å²) in [6.45, 7) is 0.994. The summed E-state index contributed by atoms with van der Waals surface area (Å²) in [6.07, 6.45) is 1.59. The zero-order valence-corrected chi connectivity index (χ0v) is 14.1. The Bertz CT molecular complexity index is 810. The number of rotatable bonds is 1. The van der Waals surface area contributed by atoms with Crippen molar-refractivity contribution >= 4 is 27.3 Å². The molecular formula is C17H20N2O4S. The second-order valence-corrected chi connectivity index (χ2v) is 9.24. The third-order valence-electron chi connectivity index (χ3n) is 5.64. The first-order valence-electron chi connectivity index (χ1n) is 8.31. The molecule has 2 amide bonds. The minimum absolute atomic E-state index is 0.0132. The van der Waals surface area contributed by atoms with Crippen LogP contribution in [0, 0.1) is 5.92 Å². The maximum Gasteiger partial charge on any atom is 0.235 e. The molecule has 128 valence electrons. The first kappa shape index (κ1) is 15.6. The Morgan fingerprint density at radius 1 is 1.21 bits per heavy atom. The summed E-state index contributed by atoms with van der Waals surface area (Å²) in [5.74, 6) is -0.390. The predicted octanol–water partition coefficient (Wildman–Crippen LogP) is 0.934. The molecule has 1 spiro atoms. The highest BCUT2D eigenvalue weighted by Crippen LogP contribution is 2.45. The van der Waals surface area contributed by atoms with Gasteiger partial charge in [0.15, 0.2) is 9.84 Å². The summed E-state index contributed by atoms with van der Waals surface area (Å²) in [7, 11) is -3.06. The Morgan fingerprint density at radius 2 is 1.92 bits per heavy atom. The number of anilines is 1. The van der Waals surface area contributed by atoms with E-state index in [1.54, 1.807) is 4.90 Å². The fraction of sp³-hybridized carbons (Fsp3) is 0.529. The molecule has 1 aromatic rings. The number of hydrogen-bond donors (Lipinski definition) is 1. The number of nitrogens with one attached hydrogen (secondary N) is 1. The van der Waals surface area contributed by atoms with Crippen LogP contribution in [0.2, 0.25) is 0 Å². The summed E-state index contributed by atoms with van der Waals surface area (Å²) in [4.78, 5) is 26.9. The second kappa shape index (κ2) is 5.31. The fourth-order valence-corrected chi connectivity index (χ4v) is 5.96. The van der Waals surface area contributed by atoms with Crippen molar-refractivity contribution in [3.8, 4) is 0 Å². The van der Waals surface area contributed by atoms with Gasteiger partial charge in [-0.1, -0.05) is 18.2 Å². The van der Waals surface area contributed by atoms with E-state index in [-0.39, 0.29) is 23.3 Å². The number of amides is 2. The summed E-state index contributed by atoms with van der Waals surface area (Å²) in [5.41, 5.74) is 1.34. The van der Waals surface area contributed by atoms with Crippen LogP contribution in [0.3, 0.4) is 0 Å². The number of nitrogens with zero attached hydrogens (tertiary/aromatic N) is 1. The molecule has 24 heavy (non-hydrogen) atoms. The smallest absolute Gasteiger partial charge is 0.235 e. The lowest BCUT2D eigenvalue weighted by molar-refractivity contribution is -0.138. The van der Waals surface area contributed by atoms with Gasteiger partial charge >= 0.3 is 0 Å². The second-order valence-electron chi connectivity index (χ2n) is 7.01. The van der Waals surface area contributed by atoms with E-state index in [9.17, 15) is 18.0 Å². The Balaban J connectivity index is 1.50. The minimum atomic E-state index is -3.06. The van der Waals surface area contributed by atoms with Crippen molar-refractivity contribution in [1.82, 2.24) is 4.90 Å². The van der Waals surface area contributed by atoms with Crippen LogP contribution in [0.25, 0.3) is 0 Å². The van der Waals surface area contributed by atoms with Gasteiger partial charge in [-0.25, -0.2) is 8.42 Å². The molecule has 0 saturated carbocycles. The van der Waals surface area contributed by atoms with Gasteiger partial charge in [-0.15, -0.1) is 0 Å². The summed E-state index contributed by atoms with van der Waals surface area (Å²) in [6, 6.07) is 7.72. The van der Waals surface area contributed by atoms with Gasteiger partial charge in [-0.3, -0.25) is 9.59 Å². The van der Waals surface area contributed by atoms with Crippen molar-refractivity contribution in [1.29, 1.82) is 0 Å². The minimum Gasteiger partial charge on any atom is -0.342 e. The highest BCUT2D eigenvalue weighted by atomic mass is 32.2. The van der Waals surface area contributed by atoms with Crippen molar-refractivity contribution in [3.05, 3.63) is 29.8 Å². The molecule has 1 aromatic carbocycles. The highest BCUT2D eigenvalue weighted by molar-refractivity contribution is 7.91.